The maximum absolute atomic E-state index is 2.35. The Kier molecular flexibility index (Phi) is 11.0. The van der Waals surface area contributed by atoms with Gasteiger partial charge in [0.1, 0.15) is 0 Å². The van der Waals surface area contributed by atoms with Gasteiger partial charge in [0.05, 0.1) is 26.2 Å². The molecule has 0 aromatic heterocycles. The van der Waals surface area contributed by atoms with Gasteiger partial charge in [-0.15, -0.1) is 0 Å². The molecule has 0 radical (unpaired) electrons. The lowest BCUT2D eigenvalue weighted by molar-refractivity contribution is -0.928. The molecule has 0 N–H and O–H groups in total. The van der Waals surface area contributed by atoms with E-state index >= 15 is 0 Å². The van der Waals surface area contributed by atoms with Gasteiger partial charge in [0.2, 0.25) is 0 Å². The van der Waals surface area contributed by atoms with Crippen LogP contribution in [0.4, 0.5) is 0 Å². The standard InChI is InChI=1S/C16H36N/c1-5-9-11-12-16-17(13-7-3,14-8-4)15-10-6-2/h5-16H2,1-4H3/q+1. The zero-order valence-corrected chi connectivity index (χ0v) is 12.9. The summed E-state index contributed by atoms with van der Waals surface area (Å²) in [5, 5.41) is 0. The number of hydrogen-bond donors (Lipinski definition) is 0. The van der Waals surface area contributed by atoms with Crippen molar-refractivity contribution in [3.8, 4) is 0 Å². The van der Waals surface area contributed by atoms with Crippen molar-refractivity contribution in [3.63, 3.8) is 0 Å². The van der Waals surface area contributed by atoms with Gasteiger partial charge in [0, 0.05) is 0 Å². The lowest BCUT2D eigenvalue weighted by Gasteiger charge is -2.39. The van der Waals surface area contributed by atoms with Crippen LogP contribution < -0.4 is 0 Å². The van der Waals surface area contributed by atoms with Crippen LogP contribution in [0.1, 0.15) is 79.1 Å². The Morgan fingerprint density at radius 3 is 1.47 bits per heavy atom. The van der Waals surface area contributed by atoms with Crippen LogP contribution in [0.15, 0.2) is 0 Å². The fourth-order valence-electron chi connectivity index (χ4n) is 2.99. The monoisotopic (exact) mass is 242 g/mol. The Labute approximate surface area is 110 Å². The minimum Gasteiger partial charge on any atom is -0.324 e. The summed E-state index contributed by atoms with van der Waals surface area (Å²) in [5.74, 6) is 0. The minimum atomic E-state index is 1.34. The highest BCUT2D eigenvalue weighted by Gasteiger charge is 2.23. The van der Waals surface area contributed by atoms with Crippen molar-refractivity contribution >= 4 is 0 Å². The average Bonchev–Trinajstić information content (AvgIpc) is 2.33. The van der Waals surface area contributed by atoms with E-state index in [1.807, 2.05) is 0 Å². The lowest BCUT2D eigenvalue weighted by Crippen LogP contribution is -2.50. The van der Waals surface area contributed by atoms with E-state index in [2.05, 4.69) is 27.7 Å². The van der Waals surface area contributed by atoms with Gasteiger partial charge in [0.25, 0.3) is 0 Å². The van der Waals surface area contributed by atoms with Gasteiger partial charge in [-0.1, -0.05) is 47.0 Å². The van der Waals surface area contributed by atoms with E-state index < -0.39 is 0 Å². The second-order valence-corrected chi connectivity index (χ2v) is 5.65. The van der Waals surface area contributed by atoms with Gasteiger partial charge in [-0.3, -0.25) is 0 Å². The van der Waals surface area contributed by atoms with Crippen LogP contribution in [0.2, 0.25) is 0 Å². The third kappa shape index (κ3) is 7.81. The fourth-order valence-corrected chi connectivity index (χ4v) is 2.99. The van der Waals surface area contributed by atoms with E-state index in [1.54, 1.807) is 0 Å². The van der Waals surface area contributed by atoms with Gasteiger partial charge in [-0.2, -0.15) is 0 Å². The molecule has 0 saturated heterocycles. The summed E-state index contributed by atoms with van der Waals surface area (Å²) in [7, 11) is 0. The molecule has 104 valence electrons. The molecule has 0 spiro atoms. The van der Waals surface area contributed by atoms with Gasteiger partial charge >= 0.3 is 0 Å². The smallest absolute Gasteiger partial charge is 0.0786 e. The second-order valence-electron chi connectivity index (χ2n) is 5.65. The predicted octanol–water partition coefficient (Wildman–Crippen LogP) is 5.00. The molecule has 17 heavy (non-hydrogen) atoms. The number of quaternary nitrogens is 1. The molecule has 0 bridgehead atoms. The SMILES string of the molecule is CCCCCC[N+](CCC)(CCC)CCCC. The molecule has 0 amide bonds. The summed E-state index contributed by atoms with van der Waals surface area (Å²) >= 11 is 0. The van der Waals surface area contributed by atoms with E-state index in [0.29, 0.717) is 0 Å². The van der Waals surface area contributed by atoms with E-state index in [-0.39, 0.29) is 0 Å². The molecule has 0 aliphatic heterocycles. The van der Waals surface area contributed by atoms with Crippen molar-refractivity contribution in [1.82, 2.24) is 0 Å². The van der Waals surface area contributed by atoms with E-state index in [4.69, 9.17) is 0 Å². The topological polar surface area (TPSA) is 0 Å². The predicted molar refractivity (Wildman–Crippen MR) is 79.4 cm³/mol. The summed E-state index contributed by atoms with van der Waals surface area (Å²) in [6.45, 7) is 15.0. The van der Waals surface area contributed by atoms with Crippen molar-refractivity contribution in [2.75, 3.05) is 26.2 Å². The summed E-state index contributed by atoms with van der Waals surface area (Å²) in [5.41, 5.74) is 0. The third-order valence-corrected chi connectivity index (χ3v) is 3.87. The summed E-state index contributed by atoms with van der Waals surface area (Å²) in [6, 6.07) is 0. The van der Waals surface area contributed by atoms with Crippen LogP contribution in [0.25, 0.3) is 0 Å². The first kappa shape index (κ1) is 17.0. The van der Waals surface area contributed by atoms with Gasteiger partial charge in [0.15, 0.2) is 0 Å². The molecule has 0 rings (SSSR count). The molecule has 0 aromatic carbocycles. The molecule has 0 aliphatic rings. The Morgan fingerprint density at radius 1 is 0.471 bits per heavy atom. The Balaban J connectivity index is 4.20. The molecule has 0 heterocycles. The molecule has 1 heteroatoms. The van der Waals surface area contributed by atoms with Crippen LogP contribution >= 0.6 is 0 Å². The van der Waals surface area contributed by atoms with Crippen molar-refractivity contribution in [2.24, 2.45) is 0 Å². The Morgan fingerprint density at radius 2 is 1.00 bits per heavy atom. The molecule has 0 unspecified atom stereocenters. The molecule has 0 fully saturated rings. The highest BCUT2D eigenvalue weighted by atomic mass is 15.3. The van der Waals surface area contributed by atoms with E-state index in [0.717, 1.165) is 0 Å². The largest absolute Gasteiger partial charge is 0.324 e. The summed E-state index contributed by atoms with van der Waals surface area (Å²) in [6.07, 6.45) is 11.1. The summed E-state index contributed by atoms with van der Waals surface area (Å²) in [4.78, 5) is 0. The quantitative estimate of drug-likeness (QED) is 0.333. The van der Waals surface area contributed by atoms with Crippen molar-refractivity contribution < 1.29 is 4.48 Å². The first-order valence-corrected chi connectivity index (χ1v) is 8.09. The zero-order valence-electron chi connectivity index (χ0n) is 12.9. The van der Waals surface area contributed by atoms with Gasteiger partial charge in [-0.05, 0) is 32.1 Å². The molecular formula is C16H36N+. The van der Waals surface area contributed by atoms with E-state index in [9.17, 15) is 0 Å². The lowest BCUT2D eigenvalue weighted by atomic mass is 10.1. The highest BCUT2D eigenvalue weighted by molar-refractivity contribution is 4.48. The van der Waals surface area contributed by atoms with Crippen LogP contribution in [0, 0.1) is 0 Å². The summed E-state index contributed by atoms with van der Waals surface area (Å²) < 4.78 is 1.41. The van der Waals surface area contributed by atoms with Gasteiger partial charge < -0.3 is 4.48 Å². The van der Waals surface area contributed by atoms with Gasteiger partial charge in [-0.25, -0.2) is 0 Å². The average molecular weight is 242 g/mol. The van der Waals surface area contributed by atoms with Crippen LogP contribution in [0.5, 0.6) is 0 Å². The van der Waals surface area contributed by atoms with E-state index in [1.165, 1.54) is 82.0 Å². The molecule has 0 aliphatic carbocycles. The Hall–Kier alpha value is -0.0400. The molecule has 0 atom stereocenters. The van der Waals surface area contributed by atoms with Crippen molar-refractivity contribution in [2.45, 2.75) is 79.1 Å². The number of nitrogens with zero attached hydrogens (tertiary/aromatic N) is 1. The highest BCUT2D eigenvalue weighted by Crippen LogP contribution is 2.15. The normalized spacial score (nSPS) is 12.0. The number of rotatable bonds is 12. The maximum Gasteiger partial charge on any atom is 0.0786 e. The fraction of sp³-hybridized carbons (Fsp3) is 1.00. The number of unbranched alkanes of at least 4 members (excludes halogenated alkanes) is 4. The van der Waals surface area contributed by atoms with Crippen LogP contribution in [-0.4, -0.2) is 30.7 Å². The second kappa shape index (κ2) is 11.1. The molecule has 1 nitrogen and oxygen atoms in total. The van der Waals surface area contributed by atoms with Crippen LogP contribution in [0.3, 0.4) is 0 Å². The molecule has 0 aromatic rings. The van der Waals surface area contributed by atoms with Crippen molar-refractivity contribution in [1.29, 1.82) is 0 Å². The van der Waals surface area contributed by atoms with Crippen molar-refractivity contribution in [3.05, 3.63) is 0 Å². The Bertz CT molecular complexity index is 148. The minimum absolute atomic E-state index is 1.34. The van der Waals surface area contributed by atoms with Crippen LogP contribution in [-0.2, 0) is 0 Å². The molecule has 0 saturated carbocycles. The first-order chi connectivity index (χ1) is 8.24. The first-order valence-electron chi connectivity index (χ1n) is 8.09. The maximum atomic E-state index is 2.35. The third-order valence-electron chi connectivity index (χ3n) is 3.87. The zero-order chi connectivity index (χ0) is 13.0. The number of hydrogen-bond acceptors (Lipinski definition) is 0. The molecular weight excluding hydrogens is 206 g/mol.